The minimum Gasteiger partial charge on any atom is -0.481 e. The second-order valence-corrected chi connectivity index (χ2v) is 5.74. The lowest BCUT2D eigenvalue weighted by molar-refractivity contribution is -0.144. The van der Waals surface area contributed by atoms with Crippen LogP contribution in [0.3, 0.4) is 0 Å². The maximum absolute atomic E-state index is 12.0. The molecule has 1 saturated carbocycles. The number of hydrogen-bond acceptors (Lipinski definition) is 3. The van der Waals surface area contributed by atoms with Crippen LogP contribution in [-0.4, -0.2) is 48.1 Å². The Labute approximate surface area is 114 Å². The first-order valence-corrected chi connectivity index (χ1v) is 7.39. The topological polar surface area (TPSA) is 69.6 Å². The number of aliphatic carboxylic acids is 1. The van der Waals surface area contributed by atoms with Crippen LogP contribution in [0.2, 0.25) is 0 Å². The first-order chi connectivity index (χ1) is 9.16. The van der Waals surface area contributed by atoms with Crippen LogP contribution < -0.4 is 5.32 Å². The Hall–Kier alpha value is -1.10. The zero-order chi connectivity index (χ0) is 13.7. The maximum atomic E-state index is 12.0. The molecule has 108 valence electrons. The minimum absolute atomic E-state index is 0.0464. The molecule has 0 aromatic carbocycles. The first-order valence-electron chi connectivity index (χ1n) is 7.39. The van der Waals surface area contributed by atoms with Crippen molar-refractivity contribution < 1.29 is 14.7 Å². The summed E-state index contributed by atoms with van der Waals surface area (Å²) in [4.78, 5) is 25.4. The number of nitrogens with zero attached hydrogens (tertiary/aromatic N) is 1. The minimum atomic E-state index is -0.755. The lowest BCUT2D eigenvalue weighted by Gasteiger charge is -2.26. The summed E-state index contributed by atoms with van der Waals surface area (Å²) in [6.07, 6.45) is 5.42. The molecule has 1 aliphatic carbocycles. The number of hydrogen-bond donors (Lipinski definition) is 2. The van der Waals surface area contributed by atoms with Crippen LogP contribution in [0, 0.1) is 11.8 Å². The summed E-state index contributed by atoms with van der Waals surface area (Å²) in [6.45, 7) is 3.88. The molecule has 1 heterocycles. The number of amides is 1. The van der Waals surface area contributed by atoms with Gasteiger partial charge in [-0.1, -0.05) is 6.42 Å². The average Bonchev–Trinajstić information content (AvgIpc) is 2.92. The third kappa shape index (κ3) is 4.20. The van der Waals surface area contributed by atoms with Crippen molar-refractivity contribution in [1.82, 2.24) is 10.2 Å². The number of carboxylic acid groups (broad SMARTS) is 1. The molecular weight excluding hydrogens is 244 g/mol. The molecule has 0 aromatic rings. The Morgan fingerprint density at radius 3 is 2.47 bits per heavy atom. The molecule has 1 amide bonds. The van der Waals surface area contributed by atoms with Gasteiger partial charge in [-0.3, -0.25) is 9.59 Å². The highest BCUT2D eigenvalue weighted by Crippen LogP contribution is 2.29. The predicted molar refractivity (Wildman–Crippen MR) is 71.8 cm³/mol. The van der Waals surface area contributed by atoms with E-state index >= 15 is 0 Å². The van der Waals surface area contributed by atoms with Crippen LogP contribution in [0.1, 0.15) is 38.5 Å². The molecule has 1 saturated heterocycles. The van der Waals surface area contributed by atoms with Crippen molar-refractivity contribution in [3.63, 3.8) is 0 Å². The van der Waals surface area contributed by atoms with Crippen molar-refractivity contribution in [2.45, 2.75) is 38.5 Å². The summed E-state index contributed by atoms with van der Waals surface area (Å²) < 4.78 is 0. The lowest BCUT2D eigenvalue weighted by atomic mass is 9.81. The van der Waals surface area contributed by atoms with Gasteiger partial charge in [0.25, 0.3) is 0 Å². The van der Waals surface area contributed by atoms with E-state index in [1.807, 2.05) is 0 Å². The summed E-state index contributed by atoms with van der Waals surface area (Å²) in [5, 5.41) is 12.0. The second-order valence-electron chi connectivity index (χ2n) is 5.74. The van der Waals surface area contributed by atoms with Crippen molar-refractivity contribution in [3.05, 3.63) is 0 Å². The molecule has 2 unspecified atom stereocenters. The highest BCUT2D eigenvalue weighted by Gasteiger charge is 2.30. The van der Waals surface area contributed by atoms with Gasteiger partial charge in [0, 0.05) is 19.0 Å². The predicted octanol–water partition coefficient (Wildman–Crippen LogP) is 1.09. The average molecular weight is 268 g/mol. The Bertz CT molecular complexity index is 327. The number of rotatable bonds is 5. The molecule has 2 aliphatic rings. The molecule has 0 spiro atoms. The highest BCUT2D eigenvalue weighted by molar-refractivity contribution is 5.80. The van der Waals surface area contributed by atoms with E-state index in [9.17, 15) is 9.59 Å². The van der Waals surface area contributed by atoms with E-state index in [1.165, 1.54) is 12.8 Å². The molecule has 2 rings (SSSR count). The zero-order valence-electron chi connectivity index (χ0n) is 11.4. The number of carbonyl (C=O) groups is 2. The molecule has 2 fully saturated rings. The Balaban J connectivity index is 1.68. The van der Waals surface area contributed by atoms with Crippen LogP contribution in [0.4, 0.5) is 0 Å². The highest BCUT2D eigenvalue weighted by atomic mass is 16.4. The maximum Gasteiger partial charge on any atom is 0.306 e. The van der Waals surface area contributed by atoms with E-state index in [2.05, 4.69) is 10.2 Å². The van der Waals surface area contributed by atoms with Crippen molar-refractivity contribution in [2.75, 3.05) is 26.2 Å². The van der Waals surface area contributed by atoms with E-state index in [0.29, 0.717) is 19.4 Å². The molecule has 5 heteroatoms. The van der Waals surface area contributed by atoms with Crippen molar-refractivity contribution >= 4 is 11.9 Å². The van der Waals surface area contributed by atoms with Gasteiger partial charge in [-0.05, 0) is 45.2 Å². The normalized spacial score (nSPS) is 28.2. The van der Waals surface area contributed by atoms with Gasteiger partial charge in [0.15, 0.2) is 0 Å². The summed E-state index contributed by atoms with van der Waals surface area (Å²) in [5.74, 6) is -1.14. The fourth-order valence-electron chi connectivity index (χ4n) is 3.14. The molecule has 2 atom stereocenters. The van der Waals surface area contributed by atoms with Gasteiger partial charge in [-0.25, -0.2) is 0 Å². The van der Waals surface area contributed by atoms with E-state index in [-0.39, 0.29) is 17.7 Å². The Kier molecular flexibility index (Phi) is 5.19. The van der Waals surface area contributed by atoms with Gasteiger partial charge in [0.1, 0.15) is 0 Å². The summed E-state index contributed by atoms with van der Waals surface area (Å²) in [7, 11) is 0. The van der Waals surface area contributed by atoms with E-state index in [1.54, 1.807) is 0 Å². The lowest BCUT2D eigenvalue weighted by Crippen LogP contribution is -2.39. The van der Waals surface area contributed by atoms with Crippen molar-refractivity contribution in [2.24, 2.45) is 11.8 Å². The molecule has 19 heavy (non-hydrogen) atoms. The quantitative estimate of drug-likeness (QED) is 0.783. The van der Waals surface area contributed by atoms with E-state index < -0.39 is 5.97 Å². The Morgan fingerprint density at radius 2 is 1.79 bits per heavy atom. The number of carboxylic acids is 1. The standard InChI is InChI=1S/C14H24N2O3/c17-13(15-6-9-16-7-1-2-8-16)11-4-3-5-12(10-11)14(18)19/h11-12H,1-10H2,(H,15,17)(H,18,19). The van der Waals surface area contributed by atoms with Gasteiger partial charge < -0.3 is 15.3 Å². The summed E-state index contributed by atoms with van der Waals surface area (Å²) in [6, 6.07) is 0. The van der Waals surface area contributed by atoms with Crippen LogP contribution in [0.25, 0.3) is 0 Å². The summed E-state index contributed by atoms with van der Waals surface area (Å²) in [5.41, 5.74) is 0. The first kappa shape index (κ1) is 14.3. The second kappa shape index (κ2) is 6.89. The van der Waals surface area contributed by atoms with E-state index in [0.717, 1.165) is 32.5 Å². The van der Waals surface area contributed by atoms with Crippen LogP contribution >= 0.6 is 0 Å². The fraction of sp³-hybridized carbons (Fsp3) is 0.857. The van der Waals surface area contributed by atoms with Crippen LogP contribution in [0.5, 0.6) is 0 Å². The number of carbonyl (C=O) groups excluding carboxylic acids is 1. The SMILES string of the molecule is O=C(O)C1CCCC(C(=O)NCCN2CCCC2)C1. The molecule has 0 bridgehead atoms. The van der Waals surface area contributed by atoms with Crippen molar-refractivity contribution in [1.29, 1.82) is 0 Å². The van der Waals surface area contributed by atoms with Gasteiger partial charge in [0.05, 0.1) is 5.92 Å². The third-order valence-electron chi connectivity index (χ3n) is 4.32. The number of nitrogens with one attached hydrogen (secondary N) is 1. The van der Waals surface area contributed by atoms with E-state index in [4.69, 9.17) is 5.11 Å². The fourth-order valence-corrected chi connectivity index (χ4v) is 3.14. The van der Waals surface area contributed by atoms with Gasteiger partial charge in [0.2, 0.25) is 5.91 Å². The van der Waals surface area contributed by atoms with Crippen LogP contribution in [0.15, 0.2) is 0 Å². The van der Waals surface area contributed by atoms with Gasteiger partial charge >= 0.3 is 5.97 Å². The van der Waals surface area contributed by atoms with Gasteiger partial charge in [-0.15, -0.1) is 0 Å². The molecule has 5 nitrogen and oxygen atoms in total. The molecule has 0 radical (unpaired) electrons. The molecule has 0 aromatic heterocycles. The molecule has 2 N–H and O–H groups in total. The third-order valence-corrected chi connectivity index (χ3v) is 4.32. The largest absolute Gasteiger partial charge is 0.481 e. The molecule has 1 aliphatic heterocycles. The molecular formula is C14H24N2O3. The van der Waals surface area contributed by atoms with Crippen LogP contribution in [-0.2, 0) is 9.59 Å². The van der Waals surface area contributed by atoms with Gasteiger partial charge in [-0.2, -0.15) is 0 Å². The number of likely N-dealkylation sites (tertiary alicyclic amines) is 1. The summed E-state index contributed by atoms with van der Waals surface area (Å²) >= 11 is 0. The Morgan fingerprint density at radius 1 is 1.11 bits per heavy atom. The van der Waals surface area contributed by atoms with Crippen molar-refractivity contribution in [3.8, 4) is 0 Å². The monoisotopic (exact) mass is 268 g/mol. The smallest absolute Gasteiger partial charge is 0.306 e. The zero-order valence-corrected chi connectivity index (χ0v) is 11.4.